The van der Waals surface area contributed by atoms with E-state index in [1.165, 1.54) is 37.7 Å². The molecule has 2 rings (SSSR count). The SMILES string of the molecule is CC1CCCCCC1NCc1cccc(Cl)c1. The zero-order valence-corrected chi connectivity index (χ0v) is 11.3. The first-order valence-corrected chi connectivity index (χ1v) is 7.11. The molecule has 2 unspecified atom stereocenters. The van der Waals surface area contributed by atoms with Crippen molar-refractivity contribution < 1.29 is 0 Å². The molecular weight excluding hydrogens is 230 g/mol. The van der Waals surface area contributed by atoms with Gasteiger partial charge >= 0.3 is 0 Å². The van der Waals surface area contributed by atoms with Crippen LogP contribution in [0.25, 0.3) is 0 Å². The Balaban J connectivity index is 1.88. The van der Waals surface area contributed by atoms with Crippen LogP contribution in [-0.4, -0.2) is 6.04 Å². The quantitative estimate of drug-likeness (QED) is 0.786. The van der Waals surface area contributed by atoms with Gasteiger partial charge in [-0.25, -0.2) is 0 Å². The van der Waals surface area contributed by atoms with Crippen LogP contribution in [0.1, 0.15) is 44.6 Å². The zero-order valence-electron chi connectivity index (χ0n) is 10.6. The summed E-state index contributed by atoms with van der Waals surface area (Å²) in [7, 11) is 0. The van der Waals surface area contributed by atoms with Crippen LogP contribution in [0.5, 0.6) is 0 Å². The molecule has 2 heteroatoms. The standard InChI is InChI=1S/C15H22ClN/c1-12-6-3-2-4-9-15(12)17-11-13-7-5-8-14(16)10-13/h5,7-8,10,12,15,17H,2-4,6,9,11H2,1H3. The Hall–Kier alpha value is -0.530. The third-order valence-electron chi connectivity index (χ3n) is 3.82. The molecule has 0 spiro atoms. The van der Waals surface area contributed by atoms with Gasteiger partial charge in [-0.15, -0.1) is 0 Å². The topological polar surface area (TPSA) is 12.0 Å². The van der Waals surface area contributed by atoms with Gasteiger partial charge in [0.1, 0.15) is 0 Å². The molecule has 2 atom stereocenters. The van der Waals surface area contributed by atoms with Crippen molar-refractivity contribution in [2.45, 2.75) is 51.6 Å². The van der Waals surface area contributed by atoms with Gasteiger partial charge < -0.3 is 5.32 Å². The Labute approximate surface area is 110 Å². The second kappa shape index (κ2) is 6.42. The van der Waals surface area contributed by atoms with Crippen molar-refractivity contribution in [3.05, 3.63) is 34.9 Å². The third kappa shape index (κ3) is 4.01. The lowest BCUT2D eigenvalue weighted by Gasteiger charge is -2.23. The summed E-state index contributed by atoms with van der Waals surface area (Å²) in [6, 6.07) is 8.82. The molecule has 0 amide bonds. The van der Waals surface area contributed by atoms with Crippen LogP contribution >= 0.6 is 11.6 Å². The maximum Gasteiger partial charge on any atom is 0.0409 e. The number of benzene rings is 1. The molecule has 0 aromatic heterocycles. The zero-order chi connectivity index (χ0) is 12.1. The molecular formula is C15H22ClN. The van der Waals surface area contributed by atoms with Crippen LogP contribution in [0, 0.1) is 5.92 Å². The lowest BCUT2D eigenvalue weighted by Crippen LogP contribution is -2.33. The van der Waals surface area contributed by atoms with Gasteiger partial charge in [-0.05, 0) is 36.5 Å². The van der Waals surface area contributed by atoms with Gasteiger partial charge in [0.15, 0.2) is 0 Å². The molecule has 1 aromatic carbocycles. The summed E-state index contributed by atoms with van der Waals surface area (Å²) >= 11 is 5.99. The molecule has 1 fully saturated rings. The number of halogens is 1. The highest BCUT2D eigenvalue weighted by molar-refractivity contribution is 6.30. The second-order valence-corrected chi connectivity index (χ2v) is 5.67. The van der Waals surface area contributed by atoms with Crippen LogP contribution in [0.2, 0.25) is 5.02 Å². The average Bonchev–Trinajstić information content (AvgIpc) is 2.52. The lowest BCUT2D eigenvalue weighted by atomic mass is 9.97. The first-order chi connectivity index (χ1) is 8.25. The van der Waals surface area contributed by atoms with E-state index in [0.717, 1.165) is 17.5 Å². The third-order valence-corrected chi connectivity index (χ3v) is 4.05. The molecule has 1 aliphatic carbocycles. The van der Waals surface area contributed by atoms with E-state index in [-0.39, 0.29) is 0 Å². The summed E-state index contributed by atoms with van der Waals surface area (Å²) in [5, 5.41) is 4.53. The van der Waals surface area contributed by atoms with E-state index in [9.17, 15) is 0 Å². The largest absolute Gasteiger partial charge is 0.310 e. The Kier molecular flexibility index (Phi) is 4.87. The van der Waals surface area contributed by atoms with Crippen LogP contribution in [0.4, 0.5) is 0 Å². The second-order valence-electron chi connectivity index (χ2n) is 5.23. The fraction of sp³-hybridized carbons (Fsp3) is 0.600. The van der Waals surface area contributed by atoms with Crippen molar-refractivity contribution >= 4 is 11.6 Å². The van der Waals surface area contributed by atoms with E-state index in [4.69, 9.17) is 11.6 Å². The minimum atomic E-state index is 0.677. The van der Waals surface area contributed by atoms with Crippen molar-refractivity contribution in [3.63, 3.8) is 0 Å². The van der Waals surface area contributed by atoms with Crippen LogP contribution in [0.15, 0.2) is 24.3 Å². The van der Waals surface area contributed by atoms with Crippen molar-refractivity contribution in [2.75, 3.05) is 0 Å². The Morgan fingerprint density at radius 1 is 1.24 bits per heavy atom. The first kappa shape index (κ1) is 12.9. The predicted molar refractivity (Wildman–Crippen MR) is 74.3 cm³/mol. The molecule has 1 aliphatic rings. The Morgan fingerprint density at radius 2 is 2.06 bits per heavy atom. The molecule has 94 valence electrons. The average molecular weight is 252 g/mol. The van der Waals surface area contributed by atoms with Gasteiger partial charge in [-0.2, -0.15) is 0 Å². The van der Waals surface area contributed by atoms with Gasteiger partial charge in [0.25, 0.3) is 0 Å². The number of rotatable bonds is 3. The molecule has 0 aliphatic heterocycles. The minimum absolute atomic E-state index is 0.677. The van der Waals surface area contributed by atoms with E-state index in [1.54, 1.807) is 0 Å². The van der Waals surface area contributed by atoms with E-state index < -0.39 is 0 Å². The molecule has 1 aromatic rings. The van der Waals surface area contributed by atoms with Crippen LogP contribution in [-0.2, 0) is 6.54 Å². The normalized spacial score (nSPS) is 25.5. The maximum absolute atomic E-state index is 5.99. The summed E-state index contributed by atoms with van der Waals surface area (Å²) in [5.41, 5.74) is 1.29. The molecule has 0 radical (unpaired) electrons. The van der Waals surface area contributed by atoms with Gasteiger partial charge in [0.2, 0.25) is 0 Å². The maximum atomic E-state index is 5.99. The van der Waals surface area contributed by atoms with Crippen LogP contribution < -0.4 is 5.32 Å². The minimum Gasteiger partial charge on any atom is -0.310 e. The van der Waals surface area contributed by atoms with Crippen molar-refractivity contribution in [2.24, 2.45) is 5.92 Å². The van der Waals surface area contributed by atoms with Crippen molar-refractivity contribution in [1.82, 2.24) is 5.32 Å². The molecule has 0 bridgehead atoms. The molecule has 0 saturated heterocycles. The van der Waals surface area contributed by atoms with Crippen LogP contribution in [0.3, 0.4) is 0 Å². The van der Waals surface area contributed by atoms with Gasteiger partial charge in [0, 0.05) is 17.6 Å². The number of hydrogen-bond donors (Lipinski definition) is 1. The highest BCUT2D eigenvalue weighted by Crippen LogP contribution is 2.23. The molecule has 1 saturated carbocycles. The molecule has 1 N–H and O–H groups in total. The Bertz CT molecular complexity index is 351. The van der Waals surface area contributed by atoms with E-state index in [1.807, 2.05) is 12.1 Å². The monoisotopic (exact) mass is 251 g/mol. The van der Waals surface area contributed by atoms with Gasteiger partial charge in [-0.1, -0.05) is 49.9 Å². The number of nitrogens with one attached hydrogen (secondary N) is 1. The predicted octanol–water partition coefficient (Wildman–Crippen LogP) is 4.40. The summed E-state index contributed by atoms with van der Waals surface area (Å²) in [5.74, 6) is 0.802. The summed E-state index contributed by atoms with van der Waals surface area (Å²) < 4.78 is 0. The van der Waals surface area contributed by atoms with Crippen molar-refractivity contribution in [1.29, 1.82) is 0 Å². The molecule has 0 heterocycles. The summed E-state index contributed by atoms with van der Waals surface area (Å²) in [6.07, 6.45) is 6.86. The van der Waals surface area contributed by atoms with E-state index >= 15 is 0 Å². The lowest BCUT2D eigenvalue weighted by molar-refractivity contribution is 0.356. The van der Waals surface area contributed by atoms with Gasteiger partial charge in [0.05, 0.1) is 0 Å². The summed E-state index contributed by atoms with van der Waals surface area (Å²) in [6.45, 7) is 3.32. The molecule has 17 heavy (non-hydrogen) atoms. The van der Waals surface area contributed by atoms with Crippen molar-refractivity contribution in [3.8, 4) is 0 Å². The fourth-order valence-corrected chi connectivity index (χ4v) is 2.91. The highest BCUT2D eigenvalue weighted by Gasteiger charge is 2.18. The fourth-order valence-electron chi connectivity index (χ4n) is 2.69. The van der Waals surface area contributed by atoms with E-state index in [0.29, 0.717) is 6.04 Å². The molecule has 1 nitrogen and oxygen atoms in total. The van der Waals surface area contributed by atoms with E-state index in [2.05, 4.69) is 24.4 Å². The smallest absolute Gasteiger partial charge is 0.0409 e. The summed E-state index contributed by atoms with van der Waals surface area (Å²) in [4.78, 5) is 0. The number of hydrogen-bond acceptors (Lipinski definition) is 1. The van der Waals surface area contributed by atoms with Gasteiger partial charge in [-0.3, -0.25) is 0 Å². The Morgan fingerprint density at radius 3 is 2.88 bits per heavy atom. The highest BCUT2D eigenvalue weighted by atomic mass is 35.5. The first-order valence-electron chi connectivity index (χ1n) is 6.73.